The van der Waals surface area contributed by atoms with Crippen LogP contribution in [0.2, 0.25) is 0 Å². The Kier molecular flexibility index (Phi) is 4.49. The van der Waals surface area contributed by atoms with E-state index in [0.717, 1.165) is 5.52 Å². The number of para-hydroxylation sites is 2. The highest BCUT2D eigenvalue weighted by Crippen LogP contribution is 2.25. The fourth-order valence-corrected chi connectivity index (χ4v) is 3.02. The molecule has 7 heteroatoms. The van der Waals surface area contributed by atoms with Crippen LogP contribution in [0.3, 0.4) is 0 Å². The lowest BCUT2D eigenvalue weighted by Crippen LogP contribution is -2.54. The summed E-state index contributed by atoms with van der Waals surface area (Å²) in [6.07, 6.45) is 1.59. The molecule has 1 aliphatic heterocycles. The second kappa shape index (κ2) is 6.43. The molecule has 1 fully saturated rings. The number of nitrogens with zero attached hydrogens (tertiary/aromatic N) is 4. The summed E-state index contributed by atoms with van der Waals surface area (Å²) in [5.41, 5.74) is 2.06. The molecule has 2 heterocycles. The lowest BCUT2D eigenvalue weighted by Gasteiger charge is -2.45. The van der Waals surface area contributed by atoms with Crippen molar-refractivity contribution < 1.29 is 9.75 Å². The Morgan fingerprint density at radius 3 is 2.42 bits per heavy atom. The molecule has 126 valence electrons. The van der Waals surface area contributed by atoms with E-state index in [4.69, 9.17) is 17.2 Å². The van der Waals surface area contributed by atoms with Crippen LogP contribution >= 0.6 is 12.2 Å². The van der Waals surface area contributed by atoms with Crippen LogP contribution in [0, 0.1) is 9.85 Å². The summed E-state index contributed by atoms with van der Waals surface area (Å²) in [5, 5.41) is 21.9. The molecule has 24 heavy (non-hydrogen) atoms. The van der Waals surface area contributed by atoms with E-state index in [0.29, 0.717) is 47.7 Å². The average Bonchev–Trinajstić information content (AvgIpc) is 2.64. The quantitative estimate of drug-likeness (QED) is 0.391. The number of aromatic nitrogens is 2. The first-order valence-electron chi connectivity index (χ1n) is 7.85. The van der Waals surface area contributed by atoms with Gasteiger partial charge in [0, 0.05) is 0 Å². The lowest BCUT2D eigenvalue weighted by molar-refractivity contribution is -0.861. The van der Waals surface area contributed by atoms with Crippen LogP contribution in [0.1, 0.15) is 12.5 Å². The second-order valence-electron chi connectivity index (χ2n) is 6.27. The molecule has 0 atom stereocenters. The van der Waals surface area contributed by atoms with E-state index >= 15 is 0 Å². The van der Waals surface area contributed by atoms with Gasteiger partial charge in [0.1, 0.15) is 10.5 Å². The first-order chi connectivity index (χ1) is 11.4. The topological polar surface area (TPSA) is 72.3 Å². The number of likely N-dealkylation sites (N-methyl/N-ethyl adjacent to an activating group) is 1. The van der Waals surface area contributed by atoms with Crippen molar-refractivity contribution >= 4 is 35.1 Å². The van der Waals surface area contributed by atoms with Gasteiger partial charge in [-0.15, -0.1) is 0 Å². The molecule has 1 aliphatic rings. The number of aliphatic hydroxyl groups excluding tert-OH is 1. The fourth-order valence-electron chi connectivity index (χ4n) is 2.77. The SMILES string of the molecule is CC(O)=Cc1c(N2CC[N+](C)([O-])CC2)nc2ccccc2nc1=S. The van der Waals surface area contributed by atoms with E-state index in [1.807, 2.05) is 24.3 Å². The highest BCUT2D eigenvalue weighted by atomic mass is 32.1. The van der Waals surface area contributed by atoms with E-state index in [9.17, 15) is 10.3 Å². The van der Waals surface area contributed by atoms with Gasteiger partial charge in [-0.25, -0.2) is 9.97 Å². The first kappa shape index (κ1) is 16.8. The molecule has 3 rings (SSSR count). The molecule has 1 N–H and O–H groups in total. The van der Waals surface area contributed by atoms with Crippen molar-refractivity contribution in [3.63, 3.8) is 0 Å². The Hall–Kier alpha value is -2.09. The number of rotatable bonds is 2. The van der Waals surface area contributed by atoms with Crippen LogP contribution in [-0.4, -0.2) is 52.9 Å². The van der Waals surface area contributed by atoms with Crippen LogP contribution in [0.15, 0.2) is 30.0 Å². The summed E-state index contributed by atoms with van der Waals surface area (Å²) in [7, 11) is 1.68. The Labute approximate surface area is 145 Å². The molecule has 0 aliphatic carbocycles. The molecule has 1 saturated heterocycles. The smallest absolute Gasteiger partial charge is 0.140 e. The van der Waals surface area contributed by atoms with Gasteiger partial charge >= 0.3 is 0 Å². The van der Waals surface area contributed by atoms with Crippen molar-refractivity contribution in [3.05, 3.63) is 45.4 Å². The third-order valence-corrected chi connectivity index (χ3v) is 4.45. The molecule has 6 nitrogen and oxygen atoms in total. The van der Waals surface area contributed by atoms with Gasteiger partial charge < -0.3 is 19.9 Å². The van der Waals surface area contributed by atoms with Crippen LogP contribution in [0.25, 0.3) is 17.1 Å². The van der Waals surface area contributed by atoms with Crippen molar-refractivity contribution in [2.75, 3.05) is 38.1 Å². The molecule has 2 aromatic rings. The number of hydroxylamine groups is 3. The summed E-state index contributed by atoms with van der Waals surface area (Å²) in [6, 6.07) is 7.54. The van der Waals surface area contributed by atoms with Gasteiger partial charge in [0.25, 0.3) is 0 Å². The predicted octanol–water partition coefficient (Wildman–Crippen LogP) is 3.04. The van der Waals surface area contributed by atoms with Gasteiger partial charge in [0.15, 0.2) is 0 Å². The molecule has 0 amide bonds. The van der Waals surface area contributed by atoms with E-state index in [2.05, 4.69) is 9.88 Å². The summed E-state index contributed by atoms with van der Waals surface area (Å²) in [5.74, 6) is 0.810. The van der Waals surface area contributed by atoms with Gasteiger partial charge in [-0.05, 0) is 25.1 Å². The third-order valence-electron chi connectivity index (χ3n) is 4.14. The van der Waals surface area contributed by atoms with Gasteiger partial charge in [0.05, 0.1) is 55.6 Å². The van der Waals surface area contributed by atoms with Crippen molar-refractivity contribution in [1.29, 1.82) is 0 Å². The summed E-state index contributed by atoms with van der Waals surface area (Å²) in [6.45, 7) is 3.74. The zero-order chi connectivity index (χ0) is 17.3. The molecule has 0 saturated carbocycles. The van der Waals surface area contributed by atoms with Crippen LogP contribution in [-0.2, 0) is 0 Å². The van der Waals surface area contributed by atoms with Crippen LogP contribution in [0.4, 0.5) is 5.82 Å². The van der Waals surface area contributed by atoms with Crippen molar-refractivity contribution in [2.45, 2.75) is 6.92 Å². The van der Waals surface area contributed by atoms with Gasteiger partial charge in [-0.3, -0.25) is 0 Å². The van der Waals surface area contributed by atoms with Gasteiger partial charge in [-0.2, -0.15) is 0 Å². The lowest BCUT2D eigenvalue weighted by atomic mass is 10.2. The monoisotopic (exact) mass is 344 g/mol. The predicted molar refractivity (Wildman–Crippen MR) is 98.2 cm³/mol. The largest absolute Gasteiger partial charge is 0.633 e. The number of quaternary nitrogens is 1. The average molecular weight is 344 g/mol. The zero-order valence-corrected chi connectivity index (χ0v) is 14.6. The number of fused-ring (bicyclic) bond motifs is 1. The minimum Gasteiger partial charge on any atom is -0.633 e. The van der Waals surface area contributed by atoms with Crippen LogP contribution < -0.4 is 4.90 Å². The zero-order valence-electron chi connectivity index (χ0n) is 13.8. The number of benzene rings is 1. The van der Waals surface area contributed by atoms with Crippen molar-refractivity contribution in [2.24, 2.45) is 0 Å². The molecular formula is C17H20N4O2S. The number of hydrogen-bond donors (Lipinski definition) is 1. The summed E-state index contributed by atoms with van der Waals surface area (Å²) >= 11 is 5.47. The molecule has 0 unspecified atom stereocenters. The molecular weight excluding hydrogens is 324 g/mol. The van der Waals surface area contributed by atoms with Gasteiger partial charge in [-0.1, -0.05) is 24.4 Å². The Bertz CT molecular complexity index is 853. The number of anilines is 1. The van der Waals surface area contributed by atoms with E-state index in [-0.39, 0.29) is 10.4 Å². The van der Waals surface area contributed by atoms with Crippen molar-refractivity contribution in [3.8, 4) is 0 Å². The van der Waals surface area contributed by atoms with E-state index < -0.39 is 0 Å². The van der Waals surface area contributed by atoms with E-state index in [1.54, 1.807) is 20.0 Å². The van der Waals surface area contributed by atoms with Crippen LogP contribution in [0.5, 0.6) is 0 Å². The third kappa shape index (κ3) is 3.53. The first-order valence-corrected chi connectivity index (χ1v) is 8.25. The molecule has 0 radical (unpaired) electrons. The molecule has 0 bridgehead atoms. The van der Waals surface area contributed by atoms with Crippen molar-refractivity contribution in [1.82, 2.24) is 9.97 Å². The normalized spacial score (nSPS) is 18.0. The minimum absolute atomic E-state index is 0.141. The van der Waals surface area contributed by atoms with Gasteiger partial charge in [0.2, 0.25) is 0 Å². The Morgan fingerprint density at radius 1 is 1.25 bits per heavy atom. The number of hydrogen-bond acceptors (Lipinski definition) is 6. The Morgan fingerprint density at radius 2 is 1.83 bits per heavy atom. The number of aliphatic hydroxyl groups is 1. The summed E-state index contributed by atoms with van der Waals surface area (Å²) in [4.78, 5) is 11.3. The molecule has 1 aromatic carbocycles. The highest BCUT2D eigenvalue weighted by Gasteiger charge is 2.24. The molecule has 1 aromatic heterocycles. The maximum atomic E-state index is 12.1. The van der Waals surface area contributed by atoms with E-state index in [1.165, 1.54) is 0 Å². The highest BCUT2D eigenvalue weighted by molar-refractivity contribution is 7.71. The minimum atomic E-state index is -0.251. The Balaban J connectivity index is 2.21. The maximum Gasteiger partial charge on any atom is 0.140 e. The second-order valence-corrected chi connectivity index (χ2v) is 6.66. The molecule has 0 spiro atoms. The number of piperazine rings is 1. The fraction of sp³-hybridized carbons (Fsp3) is 0.353. The standard InChI is InChI=1S/C17H20N4O2S/c1-12(22)11-13-16(20-7-9-21(2,23)10-8-20)18-14-5-3-4-6-15(14)19-17(13)24/h3-6,11,22H,7-10H2,1-2H3. The summed E-state index contributed by atoms with van der Waals surface area (Å²) < 4.78 is 0.136. The maximum absolute atomic E-state index is 12.1. The number of allylic oxidation sites excluding steroid dienone is 1.